The summed E-state index contributed by atoms with van der Waals surface area (Å²) in [5.74, 6) is 0.596. The fourth-order valence-corrected chi connectivity index (χ4v) is 5.58. The fraction of sp³-hybridized carbons (Fsp3) is 0.741. The van der Waals surface area contributed by atoms with Crippen molar-refractivity contribution in [3.8, 4) is 5.75 Å². The van der Waals surface area contributed by atoms with Gasteiger partial charge < -0.3 is 19.7 Å². The van der Waals surface area contributed by atoms with Crippen LogP contribution in [-0.4, -0.2) is 40.6 Å². The van der Waals surface area contributed by atoms with Crippen molar-refractivity contribution < 1.29 is 24.5 Å². The van der Waals surface area contributed by atoms with Crippen LogP contribution in [0.4, 0.5) is 0 Å². The fourth-order valence-electron chi connectivity index (χ4n) is 5.58. The number of hydrogen-bond acceptors (Lipinski definition) is 4. The first-order chi connectivity index (χ1) is 15.2. The molecule has 1 aromatic carbocycles. The number of carboxylic acid groups (broad SMARTS) is 1. The molecule has 0 amide bonds. The Morgan fingerprint density at radius 1 is 1.22 bits per heavy atom. The number of aliphatic carboxylic acids is 1. The van der Waals surface area contributed by atoms with Crippen LogP contribution in [0.2, 0.25) is 0 Å². The van der Waals surface area contributed by atoms with Gasteiger partial charge in [0.15, 0.2) is 6.10 Å². The molecular formula is C27H42O5. The topological polar surface area (TPSA) is 76.0 Å². The van der Waals surface area contributed by atoms with E-state index >= 15 is 0 Å². The van der Waals surface area contributed by atoms with Gasteiger partial charge in [-0.05, 0) is 79.9 Å². The molecule has 6 atom stereocenters. The Hall–Kier alpha value is -1.59. The summed E-state index contributed by atoms with van der Waals surface area (Å²) in [4.78, 5) is 11.3. The van der Waals surface area contributed by atoms with Gasteiger partial charge >= 0.3 is 5.97 Å². The van der Waals surface area contributed by atoms with Crippen LogP contribution in [0.3, 0.4) is 0 Å². The van der Waals surface area contributed by atoms with Gasteiger partial charge in [-0.3, -0.25) is 0 Å². The highest BCUT2D eigenvalue weighted by Crippen LogP contribution is 2.47. The van der Waals surface area contributed by atoms with E-state index in [1.54, 1.807) is 0 Å². The van der Waals surface area contributed by atoms with Crippen LogP contribution in [0.1, 0.15) is 84.6 Å². The van der Waals surface area contributed by atoms with Crippen LogP contribution in [-0.2, 0) is 16.0 Å². The minimum absolute atomic E-state index is 0.0460. The van der Waals surface area contributed by atoms with Crippen molar-refractivity contribution in [1.29, 1.82) is 0 Å². The van der Waals surface area contributed by atoms with Crippen LogP contribution in [0.5, 0.6) is 5.75 Å². The normalized spacial score (nSPS) is 26.8. The van der Waals surface area contributed by atoms with E-state index in [2.05, 4.69) is 26.8 Å². The summed E-state index contributed by atoms with van der Waals surface area (Å²) >= 11 is 0. The first-order valence-electron chi connectivity index (χ1n) is 12.6. The summed E-state index contributed by atoms with van der Waals surface area (Å²) in [5, 5.41) is 20.2. The van der Waals surface area contributed by atoms with Gasteiger partial charge in [-0.25, -0.2) is 4.79 Å². The van der Waals surface area contributed by atoms with Gasteiger partial charge in [-0.2, -0.15) is 0 Å². The third-order valence-electron chi connectivity index (χ3n) is 7.73. The highest BCUT2D eigenvalue weighted by molar-refractivity contribution is 5.72. The Bertz CT molecular complexity index is 745. The predicted octanol–water partition coefficient (Wildman–Crippen LogP) is 5.62. The molecule has 2 N–H and O–H groups in total. The molecule has 0 radical (unpaired) electrons. The average Bonchev–Trinajstić information content (AvgIpc) is 3.36. The molecule has 0 spiro atoms. The average molecular weight is 447 g/mol. The van der Waals surface area contributed by atoms with Gasteiger partial charge in [0, 0.05) is 0 Å². The number of benzene rings is 1. The van der Waals surface area contributed by atoms with Crippen molar-refractivity contribution in [1.82, 2.24) is 0 Å². The Morgan fingerprint density at radius 3 is 2.59 bits per heavy atom. The molecule has 0 aliphatic carbocycles. The monoisotopic (exact) mass is 446 g/mol. The number of aliphatic hydroxyl groups is 1. The van der Waals surface area contributed by atoms with Gasteiger partial charge in [0.25, 0.3) is 0 Å². The second-order valence-corrected chi connectivity index (χ2v) is 10.5. The van der Waals surface area contributed by atoms with Crippen LogP contribution >= 0.6 is 0 Å². The van der Waals surface area contributed by atoms with Gasteiger partial charge in [0.05, 0.1) is 18.3 Å². The van der Waals surface area contributed by atoms with E-state index in [1.165, 1.54) is 0 Å². The Kier molecular flexibility index (Phi) is 8.62. The highest BCUT2D eigenvalue weighted by atomic mass is 16.5. The molecule has 5 nitrogen and oxygen atoms in total. The van der Waals surface area contributed by atoms with Crippen LogP contribution in [0.15, 0.2) is 24.3 Å². The van der Waals surface area contributed by atoms with E-state index in [9.17, 15) is 15.0 Å². The number of fused-ring (bicyclic) bond motifs is 2. The number of rotatable bonds is 13. The number of unbranched alkanes of at least 4 members (excludes halogenated alkanes) is 1. The second kappa shape index (κ2) is 11.0. The third kappa shape index (κ3) is 6.05. The summed E-state index contributed by atoms with van der Waals surface area (Å²) < 4.78 is 12.0. The second-order valence-electron chi connectivity index (χ2n) is 10.5. The smallest absolute Gasteiger partial charge is 0.344 e. The van der Waals surface area contributed by atoms with E-state index in [-0.39, 0.29) is 11.5 Å². The van der Waals surface area contributed by atoms with Crippen LogP contribution < -0.4 is 4.74 Å². The van der Waals surface area contributed by atoms with E-state index in [0.717, 1.165) is 56.9 Å². The summed E-state index contributed by atoms with van der Waals surface area (Å²) in [6, 6.07) is 7.86. The zero-order valence-corrected chi connectivity index (χ0v) is 20.3. The van der Waals surface area contributed by atoms with Crippen molar-refractivity contribution in [2.75, 3.05) is 0 Å². The molecule has 180 valence electrons. The maximum absolute atomic E-state index is 11.3. The molecule has 0 aromatic heterocycles. The van der Waals surface area contributed by atoms with Gasteiger partial charge in [-0.15, -0.1) is 0 Å². The Morgan fingerprint density at radius 2 is 1.94 bits per heavy atom. The molecule has 2 bridgehead atoms. The predicted molar refractivity (Wildman–Crippen MR) is 126 cm³/mol. The van der Waals surface area contributed by atoms with Crippen LogP contribution in [0.25, 0.3) is 0 Å². The quantitative estimate of drug-likeness (QED) is 0.411. The first-order valence-corrected chi connectivity index (χ1v) is 12.6. The number of carbonyl (C=O) groups is 1. The Labute approximate surface area is 193 Å². The molecule has 3 rings (SSSR count). The van der Waals surface area contributed by atoms with Gasteiger partial charge in [0.2, 0.25) is 0 Å². The molecule has 2 saturated heterocycles. The van der Waals surface area contributed by atoms with Crippen LogP contribution in [0, 0.1) is 17.3 Å². The number of ether oxygens (including phenoxy) is 2. The lowest BCUT2D eigenvalue weighted by molar-refractivity contribution is -0.145. The van der Waals surface area contributed by atoms with Crippen molar-refractivity contribution in [2.24, 2.45) is 17.3 Å². The summed E-state index contributed by atoms with van der Waals surface area (Å²) in [6.07, 6.45) is 8.27. The SMILES string of the molecule is CCCCC(C)(C)C(O)CCC1C2CCC(O2)C1Cc1cccc(OC(CC)C(=O)O)c1. The zero-order valence-electron chi connectivity index (χ0n) is 20.3. The Balaban J connectivity index is 1.63. The molecule has 2 aliphatic heterocycles. The largest absolute Gasteiger partial charge is 0.479 e. The maximum Gasteiger partial charge on any atom is 0.344 e. The number of aliphatic hydroxyl groups excluding tert-OH is 1. The molecule has 5 heteroatoms. The lowest BCUT2D eigenvalue weighted by atomic mass is 9.72. The standard InChI is InChI=1S/C27H42O5/c1-5-7-15-27(3,4)25(28)14-11-20-21(24-13-12-23(20)32-24)17-18-9-8-10-19(16-18)31-22(6-2)26(29)30/h8-10,16,20-25,28H,5-7,11-15,17H2,1-4H3,(H,29,30). The minimum Gasteiger partial charge on any atom is -0.479 e. The molecule has 2 fully saturated rings. The molecular weight excluding hydrogens is 404 g/mol. The van der Waals surface area contributed by atoms with E-state index in [1.807, 2.05) is 25.1 Å². The zero-order chi connectivity index (χ0) is 23.3. The molecule has 0 saturated carbocycles. The molecule has 1 aromatic rings. The molecule has 2 aliphatic rings. The van der Waals surface area contributed by atoms with Crippen molar-refractivity contribution in [2.45, 2.75) is 110 Å². The minimum atomic E-state index is -0.931. The van der Waals surface area contributed by atoms with E-state index in [4.69, 9.17) is 9.47 Å². The highest BCUT2D eigenvalue weighted by Gasteiger charge is 2.48. The summed E-state index contributed by atoms with van der Waals surface area (Å²) in [5.41, 5.74) is 1.12. The van der Waals surface area contributed by atoms with Crippen molar-refractivity contribution in [3.63, 3.8) is 0 Å². The lowest BCUT2D eigenvalue weighted by Crippen LogP contribution is -2.33. The lowest BCUT2D eigenvalue weighted by Gasteiger charge is -2.33. The summed E-state index contributed by atoms with van der Waals surface area (Å²) in [7, 11) is 0. The van der Waals surface area contributed by atoms with E-state index < -0.39 is 12.1 Å². The van der Waals surface area contributed by atoms with Crippen molar-refractivity contribution >= 4 is 5.97 Å². The number of hydrogen-bond donors (Lipinski definition) is 2. The molecule has 2 heterocycles. The molecule has 6 unspecified atom stereocenters. The van der Waals surface area contributed by atoms with Gasteiger partial charge in [0.1, 0.15) is 5.75 Å². The maximum atomic E-state index is 11.3. The first kappa shape index (κ1) is 25.0. The summed E-state index contributed by atoms with van der Waals surface area (Å²) in [6.45, 7) is 8.39. The van der Waals surface area contributed by atoms with E-state index in [0.29, 0.717) is 36.2 Å². The third-order valence-corrected chi connectivity index (χ3v) is 7.73. The molecule has 32 heavy (non-hydrogen) atoms. The van der Waals surface area contributed by atoms with Crippen molar-refractivity contribution in [3.05, 3.63) is 29.8 Å². The van der Waals surface area contributed by atoms with Gasteiger partial charge in [-0.1, -0.05) is 52.7 Å². The number of carboxylic acids is 1.